The van der Waals surface area contributed by atoms with Crippen molar-refractivity contribution in [2.24, 2.45) is 0 Å². The van der Waals surface area contributed by atoms with Gasteiger partial charge in [0.15, 0.2) is 0 Å². The van der Waals surface area contributed by atoms with Gasteiger partial charge in [-0.2, -0.15) is 0 Å². The Balaban J connectivity index is 1.29. The van der Waals surface area contributed by atoms with Gasteiger partial charge in [0.25, 0.3) is 0 Å². The number of nitrogens with one attached hydrogen (secondary N) is 1. The Hall–Kier alpha value is -3.19. The van der Waals surface area contributed by atoms with Crippen molar-refractivity contribution < 1.29 is 9.21 Å². The van der Waals surface area contributed by atoms with Crippen LogP contribution in [0.5, 0.6) is 0 Å². The number of likely N-dealkylation sites (N-methyl/N-ethyl adjacent to an activating group) is 1. The van der Waals surface area contributed by atoms with Crippen LogP contribution in [0.25, 0.3) is 11.5 Å². The second-order valence-corrected chi connectivity index (χ2v) is 8.06. The quantitative estimate of drug-likeness (QED) is 0.635. The third-order valence-corrected chi connectivity index (χ3v) is 5.64. The normalized spacial score (nSPS) is 14.6. The highest BCUT2D eigenvalue weighted by molar-refractivity contribution is 5.76. The lowest BCUT2D eigenvalue weighted by atomic mass is 10.1. The summed E-state index contributed by atoms with van der Waals surface area (Å²) in [7, 11) is 2.15. The summed E-state index contributed by atoms with van der Waals surface area (Å²) in [6.07, 6.45) is 0.733. The molecule has 0 spiro atoms. The van der Waals surface area contributed by atoms with Crippen molar-refractivity contribution in [1.29, 1.82) is 0 Å². The average Bonchev–Trinajstić information content (AvgIpc) is 3.27. The molecule has 31 heavy (non-hydrogen) atoms. The Morgan fingerprint density at radius 2 is 1.77 bits per heavy atom. The number of anilines is 1. The van der Waals surface area contributed by atoms with E-state index in [-0.39, 0.29) is 5.91 Å². The van der Waals surface area contributed by atoms with Crippen LogP contribution in [0.1, 0.15) is 23.4 Å². The van der Waals surface area contributed by atoms with Crippen LogP contribution in [-0.4, -0.2) is 54.2 Å². The number of piperazine rings is 1. The summed E-state index contributed by atoms with van der Waals surface area (Å²) >= 11 is 0. The van der Waals surface area contributed by atoms with E-state index in [9.17, 15) is 4.79 Å². The van der Waals surface area contributed by atoms with E-state index >= 15 is 0 Å². The number of rotatable bonds is 7. The van der Waals surface area contributed by atoms with Crippen LogP contribution in [0.4, 0.5) is 5.69 Å². The molecule has 1 aromatic heterocycles. The summed E-state index contributed by atoms with van der Waals surface area (Å²) < 4.78 is 5.72. The van der Waals surface area contributed by atoms with E-state index in [1.807, 2.05) is 37.3 Å². The van der Waals surface area contributed by atoms with Gasteiger partial charge in [0.05, 0.1) is 0 Å². The second kappa shape index (κ2) is 9.75. The minimum Gasteiger partial charge on any atom is -0.421 e. The molecule has 0 saturated carbocycles. The summed E-state index contributed by atoms with van der Waals surface area (Å²) in [6, 6.07) is 16.2. The number of aryl methyl sites for hydroxylation is 2. The maximum atomic E-state index is 12.4. The number of aromatic nitrogens is 2. The Labute approximate surface area is 183 Å². The maximum Gasteiger partial charge on any atom is 0.247 e. The second-order valence-electron chi connectivity index (χ2n) is 8.06. The zero-order valence-electron chi connectivity index (χ0n) is 18.2. The first-order valence-electron chi connectivity index (χ1n) is 10.8. The highest BCUT2D eigenvalue weighted by atomic mass is 16.4. The highest BCUT2D eigenvalue weighted by Crippen LogP contribution is 2.22. The Morgan fingerprint density at radius 1 is 1.03 bits per heavy atom. The molecule has 0 aliphatic carbocycles. The van der Waals surface area contributed by atoms with Gasteiger partial charge in [-0.15, -0.1) is 10.2 Å². The number of carbonyl (C=O) groups excluding carboxylic acids is 1. The zero-order chi connectivity index (χ0) is 21.6. The average molecular weight is 420 g/mol. The number of nitrogens with zero attached hydrogens (tertiary/aromatic N) is 4. The molecule has 162 valence electrons. The molecule has 2 heterocycles. The highest BCUT2D eigenvalue weighted by Gasteiger charge is 2.17. The van der Waals surface area contributed by atoms with Gasteiger partial charge >= 0.3 is 0 Å². The summed E-state index contributed by atoms with van der Waals surface area (Å²) in [5.74, 6) is 0.934. The first kappa shape index (κ1) is 21.1. The minimum atomic E-state index is -0.0248. The Kier molecular flexibility index (Phi) is 6.62. The third kappa shape index (κ3) is 5.49. The molecule has 0 bridgehead atoms. The fourth-order valence-corrected chi connectivity index (χ4v) is 3.69. The number of hydrogen-bond donors (Lipinski definition) is 1. The van der Waals surface area contributed by atoms with Crippen LogP contribution >= 0.6 is 0 Å². The van der Waals surface area contributed by atoms with E-state index in [1.165, 1.54) is 11.3 Å². The molecule has 1 saturated heterocycles. The maximum absolute atomic E-state index is 12.4. The van der Waals surface area contributed by atoms with Crippen LogP contribution in [-0.2, 0) is 17.8 Å². The number of hydrogen-bond acceptors (Lipinski definition) is 6. The van der Waals surface area contributed by atoms with E-state index in [0.29, 0.717) is 31.2 Å². The smallest absolute Gasteiger partial charge is 0.247 e. The molecular weight excluding hydrogens is 390 g/mol. The first-order chi connectivity index (χ1) is 15.1. The lowest BCUT2D eigenvalue weighted by Gasteiger charge is -2.35. The zero-order valence-corrected chi connectivity index (χ0v) is 18.2. The largest absolute Gasteiger partial charge is 0.421 e. The minimum absolute atomic E-state index is 0.0248. The van der Waals surface area contributed by atoms with Gasteiger partial charge in [-0.3, -0.25) is 4.79 Å². The summed E-state index contributed by atoms with van der Waals surface area (Å²) in [5, 5.41) is 11.2. The topological polar surface area (TPSA) is 74.5 Å². The fraction of sp³-hybridized carbons (Fsp3) is 0.375. The number of amides is 1. The van der Waals surface area contributed by atoms with Crippen molar-refractivity contribution >= 4 is 11.6 Å². The monoisotopic (exact) mass is 419 g/mol. The van der Waals surface area contributed by atoms with Crippen LogP contribution in [0, 0.1) is 6.92 Å². The SMILES string of the molecule is Cc1ccc(-c2nnc(CCC(=O)NCc3ccccc3N3CCN(C)CC3)o2)cc1. The van der Waals surface area contributed by atoms with Gasteiger partial charge in [-0.25, -0.2) is 0 Å². The molecule has 3 aromatic rings. The van der Waals surface area contributed by atoms with Gasteiger partial charge in [0.1, 0.15) is 0 Å². The molecule has 1 aliphatic heterocycles. The van der Waals surface area contributed by atoms with E-state index in [2.05, 4.69) is 50.6 Å². The molecule has 2 aromatic carbocycles. The Bertz CT molecular complexity index is 1010. The van der Waals surface area contributed by atoms with Gasteiger partial charge in [-0.1, -0.05) is 35.9 Å². The van der Waals surface area contributed by atoms with E-state index in [4.69, 9.17) is 4.42 Å². The molecule has 0 unspecified atom stereocenters. The van der Waals surface area contributed by atoms with E-state index in [1.54, 1.807) is 0 Å². The third-order valence-electron chi connectivity index (χ3n) is 5.64. The first-order valence-corrected chi connectivity index (χ1v) is 10.8. The summed E-state index contributed by atoms with van der Waals surface area (Å²) in [6.45, 7) is 6.65. The van der Waals surface area contributed by atoms with Crippen molar-refractivity contribution in [2.45, 2.75) is 26.3 Å². The van der Waals surface area contributed by atoms with Gasteiger partial charge < -0.3 is 19.5 Å². The lowest BCUT2D eigenvalue weighted by molar-refractivity contribution is -0.121. The lowest BCUT2D eigenvalue weighted by Crippen LogP contribution is -2.45. The standard InChI is InChI=1S/C24H29N5O2/c1-18-7-9-19(10-8-18)24-27-26-23(31-24)12-11-22(30)25-17-20-5-3-4-6-21(20)29-15-13-28(2)14-16-29/h3-10H,11-17H2,1-2H3,(H,25,30). The molecule has 0 radical (unpaired) electrons. The molecule has 7 nitrogen and oxygen atoms in total. The summed E-state index contributed by atoms with van der Waals surface area (Å²) in [4.78, 5) is 17.1. The molecule has 1 fully saturated rings. The molecule has 1 N–H and O–H groups in total. The van der Waals surface area contributed by atoms with Gasteiger partial charge in [0, 0.05) is 56.8 Å². The molecule has 4 rings (SSSR count). The molecule has 1 amide bonds. The van der Waals surface area contributed by atoms with Crippen LogP contribution in [0.15, 0.2) is 52.9 Å². The van der Waals surface area contributed by atoms with Gasteiger partial charge in [-0.05, 0) is 37.7 Å². The predicted molar refractivity (Wildman–Crippen MR) is 121 cm³/mol. The Morgan fingerprint density at radius 3 is 2.55 bits per heavy atom. The van der Waals surface area contributed by atoms with Crippen molar-refractivity contribution in [3.63, 3.8) is 0 Å². The van der Waals surface area contributed by atoms with E-state index in [0.717, 1.165) is 37.3 Å². The number of benzene rings is 2. The van der Waals surface area contributed by atoms with Crippen LogP contribution in [0.3, 0.4) is 0 Å². The fourth-order valence-electron chi connectivity index (χ4n) is 3.69. The van der Waals surface area contributed by atoms with Gasteiger partial charge in [0.2, 0.25) is 17.7 Å². The van der Waals surface area contributed by atoms with Crippen molar-refractivity contribution in [3.8, 4) is 11.5 Å². The van der Waals surface area contributed by atoms with Crippen molar-refractivity contribution in [2.75, 3.05) is 38.1 Å². The molecule has 1 aliphatic rings. The predicted octanol–water partition coefficient (Wildman–Crippen LogP) is 3.05. The van der Waals surface area contributed by atoms with Crippen molar-refractivity contribution in [3.05, 3.63) is 65.5 Å². The summed E-state index contributed by atoms with van der Waals surface area (Å²) in [5.41, 5.74) is 4.40. The van der Waals surface area contributed by atoms with E-state index < -0.39 is 0 Å². The number of carbonyl (C=O) groups is 1. The van der Waals surface area contributed by atoms with Crippen LogP contribution in [0.2, 0.25) is 0 Å². The molecular formula is C24H29N5O2. The van der Waals surface area contributed by atoms with Crippen molar-refractivity contribution in [1.82, 2.24) is 20.4 Å². The molecule has 7 heteroatoms. The number of para-hydroxylation sites is 1. The molecule has 0 atom stereocenters. The van der Waals surface area contributed by atoms with Crippen LogP contribution < -0.4 is 10.2 Å².